The smallest absolute Gasteiger partial charge is 0.329 e. The first-order valence-electron chi connectivity index (χ1n) is 6.14. The molecule has 0 saturated carbocycles. The topological polar surface area (TPSA) is 66.8 Å². The van der Waals surface area contributed by atoms with Crippen molar-refractivity contribution >= 4 is 23.2 Å². The molecule has 5 nitrogen and oxygen atoms in total. The van der Waals surface area contributed by atoms with E-state index in [0.717, 1.165) is 6.42 Å². The Bertz CT molecular complexity index is 451. The molecule has 1 amide bonds. The van der Waals surface area contributed by atoms with Crippen LogP contribution in [0.5, 0.6) is 0 Å². The molecule has 0 spiro atoms. The number of amides is 1. The lowest BCUT2D eigenvalue weighted by Crippen LogP contribution is -2.63. The van der Waals surface area contributed by atoms with Crippen molar-refractivity contribution in [2.24, 2.45) is 0 Å². The number of aryl methyl sites for hydroxylation is 1. The summed E-state index contributed by atoms with van der Waals surface area (Å²) < 4.78 is 5.27. The Balaban J connectivity index is 1.70. The fourth-order valence-electron chi connectivity index (χ4n) is 2.11. The molecule has 104 valence electrons. The largest absolute Gasteiger partial charge is 0.480 e. The molecule has 19 heavy (non-hydrogen) atoms. The summed E-state index contributed by atoms with van der Waals surface area (Å²) in [7, 11) is 0. The van der Waals surface area contributed by atoms with Crippen molar-refractivity contribution in [1.29, 1.82) is 0 Å². The first-order chi connectivity index (χ1) is 8.98. The fourth-order valence-corrected chi connectivity index (χ4v) is 2.82. The van der Waals surface area contributed by atoms with Gasteiger partial charge in [0.25, 0.3) is 0 Å². The van der Waals surface area contributed by atoms with Gasteiger partial charge < -0.3 is 14.7 Å². The van der Waals surface area contributed by atoms with Crippen molar-refractivity contribution in [3.8, 4) is 0 Å². The Morgan fingerprint density at radius 3 is 2.84 bits per heavy atom. The molecule has 0 aliphatic carbocycles. The third kappa shape index (κ3) is 3.78. The highest BCUT2D eigenvalue weighted by atomic mass is 32.1. The molecule has 1 N–H and O–H groups in total. The average molecular weight is 283 g/mol. The molecule has 0 aromatic carbocycles. The van der Waals surface area contributed by atoms with E-state index in [1.807, 2.05) is 24.4 Å². The minimum absolute atomic E-state index is 0.102. The number of carboxylic acids is 1. The third-order valence-electron chi connectivity index (χ3n) is 3.11. The van der Waals surface area contributed by atoms with E-state index in [1.54, 1.807) is 16.2 Å². The van der Waals surface area contributed by atoms with Crippen molar-refractivity contribution in [2.45, 2.75) is 25.4 Å². The van der Waals surface area contributed by atoms with Gasteiger partial charge in [-0.3, -0.25) is 4.79 Å². The Morgan fingerprint density at radius 2 is 2.26 bits per heavy atom. The highest BCUT2D eigenvalue weighted by Crippen LogP contribution is 2.25. The molecule has 1 aliphatic rings. The van der Waals surface area contributed by atoms with Gasteiger partial charge in [0.2, 0.25) is 5.91 Å². The molecule has 1 aromatic heterocycles. The normalized spacial score (nSPS) is 17.0. The Labute approximate surface area is 115 Å². The molecule has 6 heteroatoms. The number of carbonyl (C=O) groups is 2. The third-order valence-corrected chi connectivity index (χ3v) is 4.05. The van der Waals surface area contributed by atoms with E-state index >= 15 is 0 Å². The van der Waals surface area contributed by atoms with Gasteiger partial charge in [0.1, 0.15) is 12.2 Å². The summed E-state index contributed by atoms with van der Waals surface area (Å²) in [6, 6.07) is 4.00. The zero-order chi connectivity index (χ0) is 13.9. The van der Waals surface area contributed by atoms with Crippen molar-refractivity contribution in [3.05, 3.63) is 22.4 Å². The summed E-state index contributed by atoms with van der Waals surface area (Å²) in [5.41, 5.74) is -0.503. The summed E-state index contributed by atoms with van der Waals surface area (Å²) in [5, 5.41) is 10.6. The van der Waals surface area contributed by atoms with E-state index in [0.29, 0.717) is 19.5 Å². The first-order valence-corrected chi connectivity index (χ1v) is 7.02. The van der Waals surface area contributed by atoms with E-state index < -0.39 is 11.6 Å². The summed E-state index contributed by atoms with van der Waals surface area (Å²) in [5.74, 6) is -0.881. The van der Waals surface area contributed by atoms with Gasteiger partial charge in [-0.1, -0.05) is 6.07 Å². The lowest BCUT2D eigenvalue weighted by Gasteiger charge is -2.47. The maximum atomic E-state index is 11.9. The van der Waals surface area contributed by atoms with Crippen LogP contribution in [-0.4, -0.2) is 47.2 Å². The van der Waals surface area contributed by atoms with Crippen LogP contribution in [0.3, 0.4) is 0 Å². The van der Waals surface area contributed by atoms with Crippen molar-refractivity contribution in [2.75, 3.05) is 19.7 Å². The molecule has 0 radical (unpaired) electrons. The van der Waals surface area contributed by atoms with Crippen LogP contribution in [0, 0.1) is 0 Å². The molecule has 1 aliphatic heterocycles. The fraction of sp³-hybridized carbons (Fsp3) is 0.538. The zero-order valence-corrected chi connectivity index (χ0v) is 11.6. The lowest BCUT2D eigenvalue weighted by atomic mass is 9.95. The van der Waals surface area contributed by atoms with E-state index in [1.165, 1.54) is 4.88 Å². The van der Waals surface area contributed by atoms with Crippen LogP contribution in [-0.2, 0) is 20.7 Å². The van der Waals surface area contributed by atoms with Gasteiger partial charge in [-0.15, -0.1) is 11.3 Å². The van der Waals surface area contributed by atoms with Crippen LogP contribution in [0.1, 0.15) is 18.2 Å². The summed E-state index contributed by atoms with van der Waals surface area (Å²) in [6.07, 6.45) is 1.26. The highest BCUT2D eigenvalue weighted by molar-refractivity contribution is 7.09. The van der Waals surface area contributed by atoms with Crippen molar-refractivity contribution in [1.82, 2.24) is 4.90 Å². The second-order valence-corrected chi connectivity index (χ2v) is 5.99. The van der Waals surface area contributed by atoms with Crippen LogP contribution >= 0.6 is 11.3 Å². The number of nitrogens with zero attached hydrogens (tertiary/aromatic N) is 1. The van der Waals surface area contributed by atoms with Crippen LogP contribution < -0.4 is 0 Å². The van der Waals surface area contributed by atoms with E-state index in [-0.39, 0.29) is 12.5 Å². The molecule has 1 saturated heterocycles. The Morgan fingerprint density at radius 1 is 1.53 bits per heavy atom. The number of carboxylic acid groups (broad SMARTS) is 1. The van der Waals surface area contributed by atoms with E-state index in [4.69, 9.17) is 9.84 Å². The Kier molecular flexibility index (Phi) is 4.21. The first kappa shape index (κ1) is 14.0. The highest BCUT2D eigenvalue weighted by Gasteiger charge is 2.42. The minimum Gasteiger partial charge on any atom is -0.480 e. The lowest BCUT2D eigenvalue weighted by molar-refractivity contribution is -0.173. The SMILES string of the molecule is CC1(OCC(=O)O)CN(C(=O)CCc2cccs2)C1. The molecule has 0 unspecified atom stereocenters. The molecule has 2 heterocycles. The number of thiophene rings is 1. The quantitative estimate of drug-likeness (QED) is 0.856. The molecule has 1 fully saturated rings. The van der Waals surface area contributed by atoms with Gasteiger partial charge in [0.05, 0.1) is 13.1 Å². The van der Waals surface area contributed by atoms with Gasteiger partial charge >= 0.3 is 5.97 Å². The maximum Gasteiger partial charge on any atom is 0.329 e. The van der Waals surface area contributed by atoms with Crippen molar-refractivity contribution < 1.29 is 19.4 Å². The average Bonchev–Trinajstić information content (AvgIpc) is 2.83. The van der Waals surface area contributed by atoms with E-state index in [9.17, 15) is 9.59 Å². The van der Waals surface area contributed by atoms with Gasteiger partial charge in [-0.05, 0) is 24.8 Å². The van der Waals surface area contributed by atoms with Gasteiger partial charge in [0.15, 0.2) is 0 Å². The predicted molar refractivity (Wildman–Crippen MR) is 71.2 cm³/mol. The molecule has 0 atom stereocenters. The summed E-state index contributed by atoms with van der Waals surface area (Å²) in [6.45, 7) is 2.47. The van der Waals surface area contributed by atoms with E-state index in [2.05, 4.69) is 0 Å². The molecular formula is C13H17NO4S. The number of ether oxygens (including phenoxy) is 1. The number of likely N-dealkylation sites (tertiary alicyclic amines) is 1. The molecule has 1 aromatic rings. The monoisotopic (exact) mass is 283 g/mol. The number of rotatable bonds is 6. The molecular weight excluding hydrogens is 266 g/mol. The number of aliphatic carboxylic acids is 1. The van der Waals surface area contributed by atoms with Crippen molar-refractivity contribution in [3.63, 3.8) is 0 Å². The molecule has 0 bridgehead atoms. The standard InChI is InChI=1S/C13H17NO4S/c1-13(18-7-12(16)17)8-14(9-13)11(15)5-4-10-3-2-6-19-10/h2-3,6H,4-5,7-9H2,1H3,(H,16,17). The number of hydrogen-bond donors (Lipinski definition) is 1. The van der Waals surface area contributed by atoms with Crippen LogP contribution in [0.2, 0.25) is 0 Å². The van der Waals surface area contributed by atoms with Crippen LogP contribution in [0.15, 0.2) is 17.5 Å². The summed E-state index contributed by atoms with van der Waals surface area (Å²) in [4.78, 5) is 25.3. The van der Waals surface area contributed by atoms with Crippen LogP contribution in [0.4, 0.5) is 0 Å². The number of hydrogen-bond acceptors (Lipinski definition) is 4. The maximum absolute atomic E-state index is 11.9. The molecule has 2 rings (SSSR count). The van der Waals surface area contributed by atoms with Gasteiger partial charge in [0, 0.05) is 11.3 Å². The predicted octanol–water partition coefficient (Wildman–Crippen LogP) is 1.38. The number of carbonyl (C=O) groups excluding carboxylic acids is 1. The van der Waals surface area contributed by atoms with Gasteiger partial charge in [-0.25, -0.2) is 4.79 Å². The second kappa shape index (κ2) is 5.71. The zero-order valence-electron chi connectivity index (χ0n) is 10.8. The summed E-state index contributed by atoms with van der Waals surface area (Å²) >= 11 is 1.65. The van der Waals surface area contributed by atoms with Gasteiger partial charge in [-0.2, -0.15) is 0 Å². The second-order valence-electron chi connectivity index (χ2n) is 4.96. The Hall–Kier alpha value is -1.40. The minimum atomic E-state index is -0.983. The van der Waals surface area contributed by atoms with Crippen LogP contribution in [0.25, 0.3) is 0 Å².